The summed E-state index contributed by atoms with van der Waals surface area (Å²) in [6, 6.07) is 10.3. The molecule has 1 aromatic carbocycles. The highest BCUT2D eigenvalue weighted by atomic mass is 16.3. The molecule has 0 bridgehead atoms. The van der Waals surface area contributed by atoms with Crippen molar-refractivity contribution in [1.82, 2.24) is 15.1 Å². The maximum Gasteiger partial charge on any atom is 0.0664 e. The number of para-hydroxylation sites is 1. The van der Waals surface area contributed by atoms with E-state index in [1.54, 1.807) is 0 Å². The van der Waals surface area contributed by atoms with Gasteiger partial charge in [-0.05, 0) is 39.3 Å². The molecule has 0 aliphatic carbocycles. The Morgan fingerprint density at radius 1 is 1.23 bits per heavy atom. The smallest absolute Gasteiger partial charge is 0.0664 e. The molecule has 0 aliphatic heterocycles. The molecule has 2 atom stereocenters. The van der Waals surface area contributed by atoms with Crippen LogP contribution in [0.1, 0.15) is 49.7 Å². The Morgan fingerprint density at radius 3 is 2.55 bits per heavy atom. The van der Waals surface area contributed by atoms with E-state index in [-0.39, 0.29) is 12.1 Å². The molecule has 2 aromatic rings. The van der Waals surface area contributed by atoms with Crippen LogP contribution >= 0.6 is 0 Å². The van der Waals surface area contributed by atoms with Crippen LogP contribution in [0.15, 0.2) is 30.3 Å². The zero-order valence-electron chi connectivity index (χ0n) is 14.0. The lowest BCUT2D eigenvalue weighted by atomic mass is 10.1. The van der Waals surface area contributed by atoms with E-state index in [1.165, 1.54) is 5.56 Å². The first-order valence-corrected chi connectivity index (χ1v) is 8.07. The third kappa shape index (κ3) is 3.76. The average molecular weight is 301 g/mol. The number of aromatic nitrogens is 2. The van der Waals surface area contributed by atoms with Crippen molar-refractivity contribution in [1.29, 1.82) is 0 Å². The van der Waals surface area contributed by atoms with E-state index in [1.807, 2.05) is 29.8 Å². The highest BCUT2D eigenvalue weighted by molar-refractivity contribution is 5.38. The molecule has 1 heterocycles. The van der Waals surface area contributed by atoms with Crippen molar-refractivity contribution in [3.8, 4) is 5.69 Å². The molecule has 0 spiro atoms. The van der Waals surface area contributed by atoms with Gasteiger partial charge in [0.2, 0.25) is 0 Å². The molecule has 1 aromatic heterocycles. The SMILES string of the molecule is CCCC(O)CNC(C)c1c(C)nn(-c2ccccc2)c1C. The van der Waals surface area contributed by atoms with Gasteiger partial charge in [-0.15, -0.1) is 0 Å². The monoisotopic (exact) mass is 301 g/mol. The summed E-state index contributed by atoms with van der Waals surface area (Å²) in [6.07, 6.45) is 1.56. The second kappa shape index (κ2) is 7.56. The first kappa shape index (κ1) is 16.7. The summed E-state index contributed by atoms with van der Waals surface area (Å²) in [7, 11) is 0. The summed E-state index contributed by atoms with van der Waals surface area (Å²) in [5.74, 6) is 0. The van der Waals surface area contributed by atoms with E-state index in [4.69, 9.17) is 0 Å². The van der Waals surface area contributed by atoms with Crippen LogP contribution in [0, 0.1) is 13.8 Å². The van der Waals surface area contributed by atoms with Crippen molar-refractivity contribution in [3.63, 3.8) is 0 Å². The largest absolute Gasteiger partial charge is 0.392 e. The molecule has 0 fully saturated rings. The molecule has 2 rings (SSSR count). The molecule has 0 saturated heterocycles. The van der Waals surface area contributed by atoms with Crippen LogP contribution in [-0.2, 0) is 0 Å². The van der Waals surface area contributed by atoms with Crippen LogP contribution < -0.4 is 5.32 Å². The van der Waals surface area contributed by atoms with E-state index in [0.29, 0.717) is 6.54 Å². The summed E-state index contributed by atoms with van der Waals surface area (Å²) >= 11 is 0. The van der Waals surface area contributed by atoms with Gasteiger partial charge in [-0.3, -0.25) is 0 Å². The molecular weight excluding hydrogens is 274 g/mol. The minimum atomic E-state index is -0.280. The van der Waals surface area contributed by atoms with Gasteiger partial charge in [0.05, 0.1) is 17.5 Å². The minimum absolute atomic E-state index is 0.170. The van der Waals surface area contributed by atoms with Gasteiger partial charge < -0.3 is 10.4 Å². The van der Waals surface area contributed by atoms with Crippen molar-refractivity contribution in [2.75, 3.05) is 6.54 Å². The van der Waals surface area contributed by atoms with Gasteiger partial charge in [-0.25, -0.2) is 4.68 Å². The molecule has 2 unspecified atom stereocenters. The number of hydrogen-bond donors (Lipinski definition) is 2. The van der Waals surface area contributed by atoms with Gasteiger partial charge in [-0.1, -0.05) is 31.5 Å². The maximum absolute atomic E-state index is 9.88. The Morgan fingerprint density at radius 2 is 1.91 bits per heavy atom. The van der Waals surface area contributed by atoms with Gasteiger partial charge in [0, 0.05) is 23.8 Å². The molecule has 120 valence electrons. The lowest BCUT2D eigenvalue weighted by Gasteiger charge is -2.17. The molecule has 22 heavy (non-hydrogen) atoms. The summed E-state index contributed by atoms with van der Waals surface area (Å²) in [6.45, 7) is 8.98. The number of aryl methyl sites for hydroxylation is 1. The van der Waals surface area contributed by atoms with Crippen LogP contribution in [-0.4, -0.2) is 27.5 Å². The van der Waals surface area contributed by atoms with Crippen molar-refractivity contribution in [2.45, 2.75) is 52.7 Å². The Labute approximate surface area is 133 Å². The number of aliphatic hydroxyl groups is 1. The third-order valence-electron chi connectivity index (χ3n) is 4.06. The summed E-state index contributed by atoms with van der Waals surface area (Å²) in [4.78, 5) is 0. The standard InChI is InChI=1S/C18H27N3O/c1-5-9-17(22)12-19-13(2)18-14(3)20-21(15(18)4)16-10-7-6-8-11-16/h6-8,10-11,13,17,19,22H,5,9,12H2,1-4H3. The normalized spacial score (nSPS) is 14.0. The number of aliphatic hydroxyl groups excluding tert-OH is 1. The fraction of sp³-hybridized carbons (Fsp3) is 0.500. The van der Waals surface area contributed by atoms with Crippen LogP contribution in [0.3, 0.4) is 0 Å². The van der Waals surface area contributed by atoms with Gasteiger partial charge >= 0.3 is 0 Å². The number of nitrogens with zero attached hydrogens (tertiary/aromatic N) is 2. The Hall–Kier alpha value is -1.65. The second-order valence-corrected chi connectivity index (χ2v) is 5.90. The predicted molar refractivity (Wildman–Crippen MR) is 90.4 cm³/mol. The van der Waals surface area contributed by atoms with Crippen molar-refractivity contribution in [3.05, 3.63) is 47.3 Å². The summed E-state index contributed by atoms with van der Waals surface area (Å²) in [5, 5.41) is 18.0. The zero-order chi connectivity index (χ0) is 16.1. The summed E-state index contributed by atoms with van der Waals surface area (Å²) < 4.78 is 1.99. The zero-order valence-corrected chi connectivity index (χ0v) is 14.0. The van der Waals surface area contributed by atoms with E-state index >= 15 is 0 Å². The second-order valence-electron chi connectivity index (χ2n) is 5.90. The molecule has 0 radical (unpaired) electrons. The minimum Gasteiger partial charge on any atom is -0.392 e. The lowest BCUT2D eigenvalue weighted by molar-refractivity contribution is 0.157. The van der Waals surface area contributed by atoms with Crippen LogP contribution in [0.25, 0.3) is 5.69 Å². The van der Waals surface area contributed by atoms with Gasteiger partial charge in [0.1, 0.15) is 0 Å². The average Bonchev–Trinajstić information content (AvgIpc) is 2.81. The molecule has 0 amide bonds. The van der Waals surface area contributed by atoms with Crippen molar-refractivity contribution < 1.29 is 5.11 Å². The summed E-state index contributed by atoms with van der Waals surface area (Å²) in [5.41, 5.74) is 4.47. The quantitative estimate of drug-likeness (QED) is 0.825. The molecule has 0 aliphatic rings. The third-order valence-corrected chi connectivity index (χ3v) is 4.06. The molecular formula is C18H27N3O. The van der Waals surface area contributed by atoms with Gasteiger partial charge in [0.15, 0.2) is 0 Å². The fourth-order valence-electron chi connectivity index (χ4n) is 2.95. The van der Waals surface area contributed by atoms with Gasteiger partial charge in [-0.2, -0.15) is 5.10 Å². The Balaban J connectivity index is 2.16. The highest BCUT2D eigenvalue weighted by Crippen LogP contribution is 2.23. The number of benzene rings is 1. The van der Waals surface area contributed by atoms with Crippen molar-refractivity contribution >= 4 is 0 Å². The number of rotatable bonds is 7. The van der Waals surface area contributed by atoms with Crippen LogP contribution in [0.4, 0.5) is 0 Å². The molecule has 0 saturated carbocycles. The number of nitrogens with one attached hydrogen (secondary N) is 1. The Kier molecular flexibility index (Phi) is 5.75. The first-order chi connectivity index (χ1) is 10.5. The van der Waals surface area contributed by atoms with E-state index in [2.05, 4.69) is 43.3 Å². The Bertz CT molecular complexity index is 592. The molecule has 2 N–H and O–H groups in total. The predicted octanol–water partition coefficient (Wildman–Crippen LogP) is 3.30. The lowest BCUT2D eigenvalue weighted by Crippen LogP contribution is -2.29. The molecule has 4 nitrogen and oxygen atoms in total. The topological polar surface area (TPSA) is 50.1 Å². The van der Waals surface area contributed by atoms with Crippen LogP contribution in [0.5, 0.6) is 0 Å². The van der Waals surface area contributed by atoms with E-state index < -0.39 is 0 Å². The van der Waals surface area contributed by atoms with Gasteiger partial charge in [0.25, 0.3) is 0 Å². The maximum atomic E-state index is 9.88. The highest BCUT2D eigenvalue weighted by Gasteiger charge is 2.18. The van der Waals surface area contributed by atoms with E-state index in [0.717, 1.165) is 29.9 Å². The molecule has 4 heteroatoms. The number of hydrogen-bond acceptors (Lipinski definition) is 3. The van der Waals surface area contributed by atoms with Crippen molar-refractivity contribution in [2.24, 2.45) is 0 Å². The van der Waals surface area contributed by atoms with Crippen LogP contribution in [0.2, 0.25) is 0 Å². The van der Waals surface area contributed by atoms with E-state index in [9.17, 15) is 5.11 Å². The first-order valence-electron chi connectivity index (χ1n) is 8.07. The fourth-order valence-corrected chi connectivity index (χ4v) is 2.95.